The zero-order valence-corrected chi connectivity index (χ0v) is 7.86. The molecule has 0 N–H and O–H groups in total. The first-order valence-electron chi connectivity index (χ1n) is 2.27. The van der Waals surface area contributed by atoms with Gasteiger partial charge in [-0.05, 0) is 6.20 Å². The minimum absolute atomic E-state index is 0. The average molecular weight is 212 g/mol. The first kappa shape index (κ1) is 9.65. The van der Waals surface area contributed by atoms with Gasteiger partial charge in [-0.2, -0.15) is 6.07 Å². The summed E-state index contributed by atoms with van der Waals surface area (Å²) in [6.45, 7) is 0. The zero-order valence-electron chi connectivity index (χ0n) is 5.02. The van der Waals surface area contributed by atoms with Gasteiger partial charge in [-0.3, -0.25) is 10.1 Å². The van der Waals surface area contributed by atoms with Gasteiger partial charge >= 0.3 is 0 Å². The van der Waals surface area contributed by atoms with E-state index in [1.807, 2.05) is 0 Å². The zero-order chi connectivity index (χ0) is 6.69. The van der Waals surface area contributed by atoms with Gasteiger partial charge in [0.25, 0.3) is 0 Å². The summed E-state index contributed by atoms with van der Waals surface area (Å²) in [4.78, 5) is 12.9. The minimum atomic E-state index is -0.499. The fourth-order valence-corrected chi connectivity index (χ4v) is 0.420. The van der Waals surface area contributed by atoms with Gasteiger partial charge in [0.05, 0.1) is 0 Å². The van der Waals surface area contributed by atoms with Crippen molar-refractivity contribution >= 4 is 5.69 Å². The summed E-state index contributed by atoms with van der Waals surface area (Å²) in [7, 11) is 0. The molecule has 0 bridgehead atoms. The molecule has 4 nitrogen and oxygen atoms in total. The third kappa shape index (κ3) is 2.50. The predicted molar refractivity (Wildman–Crippen MR) is 29.7 cm³/mol. The van der Waals surface area contributed by atoms with Gasteiger partial charge in [0.15, 0.2) is 5.69 Å². The van der Waals surface area contributed by atoms with Crippen LogP contribution in [-0.4, -0.2) is 9.91 Å². The maximum Gasteiger partial charge on any atom is 0.183 e. The van der Waals surface area contributed by atoms with E-state index in [0.717, 1.165) is 6.20 Å². The minimum Gasteiger partial charge on any atom is -0.388 e. The topological polar surface area (TPSA) is 56.0 Å². The first-order valence-corrected chi connectivity index (χ1v) is 2.27. The van der Waals surface area contributed by atoms with Crippen LogP contribution in [0.25, 0.3) is 0 Å². The van der Waals surface area contributed by atoms with E-state index in [9.17, 15) is 10.1 Å². The number of hydrogen-bond acceptors (Lipinski definition) is 3. The molecule has 0 aromatic carbocycles. The maximum absolute atomic E-state index is 9.95. The molecule has 0 unspecified atom stereocenters. The van der Waals surface area contributed by atoms with Crippen LogP contribution in [0.4, 0.5) is 5.69 Å². The SMILES string of the molecule is O=[N+]([O-])c1cc[c-]nc1.[Y]. The molecule has 5 heteroatoms. The molecule has 0 saturated heterocycles. The largest absolute Gasteiger partial charge is 0.388 e. The Hall–Kier alpha value is -0.346. The Morgan fingerprint density at radius 1 is 1.70 bits per heavy atom. The number of nitrogens with zero attached hydrogens (tertiary/aromatic N) is 2. The van der Waals surface area contributed by atoms with E-state index in [-0.39, 0.29) is 38.4 Å². The standard InChI is InChI=1S/C5H3N2O2.Y/c8-7(9)5-2-1-3-6-4-5;/h1-2,4H;/q-1;. The van der Waals surface area contributed by atoms with Crippen LogP contribution in [0.2, 0.25) is 0 Å². The summed E-state index contributed by atoms with van der Waals surface area (Å²) < 4.78 is 0. The van der Waals surface area contributed by atoms with E-state index < -0.39 is 4.92 Å². The van der Waals surface area contributed by atoms with Crippen molar-refractivity contribution in [2.24, 2.45) is 0 Å². The van der Waals surface area contributed by atoms with Crippen LogP contribution in [-0.2, 0) is 32.7 Å². The smallest absolute Gasteiger partial charge is 0.183 e. The van der Waals surface area contributed by atoms with Crippen molar-refractivity contribution in [1.29, 1.82) is 0 Å². The van der Waals surface area contributed by atoms with Gasteiger partial charge in [-0.1, -0.05) is 12.3 Å². The summed E-state index contributed by atoms with van der Waals surface area (Å²) in [5.41, 5.74) is -0.00579. The Kier molecular flexibility index (Phi) is 4.31. The van der Waals surface area contributed by atoms with Gasteiger partial charge in [0, 0.05) is 37.6 Å². The van der Waals surface area contributed by atoms with Crippen LogP contribution in [0.3, 0.4) is 0 Å². The molecule has 49 valence electrons. The van der Waals surface area contributed by atoms with Crippen molar-refractivity contribution in [2.75, 3.05) is 0 Å². The summed E-state index contributed by atoms with van der Waals surface area (Å²) in [6, 6.07) is 2.74. The average Bonchev–Trinajstić information content (AvgIpc) is 1.90. The summed E-state index contributed by atoms with van der Waals surface area (Å²) in [5.74, 6) is 0. The maximum atomic E-state index is 9.95. The summed E-state index contributed by atoms with van der Waals surface area (Å²) in [5, 5.41) is 9.95. The van der Waals surface area contributed by atoms with Crippen LogP contribution in [0.15, 0.2) is 18.3 Å². The van der Waals surface area contributed by atoms with Crippen molar-refractivity contribution in [3.8, 4) is 0 Å². The number of hydrogen-bond donors (Lipinski definition) is 0. The molecule has 1 aromatic heterocycles. The second kappa shape index (κ2) is 4.47. The van der Waals surface area contributed by atoms with Gasteiger partial charge in [-0.15, -0.1) is 0 Å². The second-order valence-corrected chi connectivity index (χ2v) is 1.40. The van der Waals surface area contributed by atoms with Crippen molar-refractivity contribution in [3.05, 3.63) is 34.6 Å². The third-order valence-electron chi connectivity index (χ3n) is 0.811. The molecule has 1 radical (unpaired) electrons. The number of rotatable bonds is 1. The molecule has 0 amide bonds. The molecule has 0 aliphatic carbocycles. The Morgan fingerprint density at radius 2 is 2.40 bits per heavy atom. The quantitative estimate of drug-likeness (QED) is 0.392. The van der Waals surface area contributed by atoms with Crippen molar-refractivity contribution in [1.82, 2.24) is 4.98 Å². The normalized spacial score (nSPS) is 8.00. The van der Waals surface area contributed by atoms with Crippen LogP contribution < -0.4 is 0 Å². The van der Waals surface area contributed by atoms with E-state index in [0.29, 0.717) is 0 Å². The molecular formula is C5H3N2O2Y-. The number of nitro groups is 1. The molecule has 1 heterocycles. The molecule has 10 heavy (non-hydrogen) atoms. The van der Waals surface area contributed by atoms with Crippen LogP contribution in [0.5, 0.6) is 0 Å². The second-order valence-electron chi connectivity index (χ2n) is 1.40. The van der Waals surface area contributed by atoms with Crippen molar-refractivity contribution < 1.29 is 37.6 Å². The van der Waals surface area contributed by atoms with Crippen LogP contribution in [0.1, 0.15) is 0 Å². The predicted octanol–water partition coefficient (Wildman–Crippen LogP) is 0.787. The molecular weight excluding hydrogens is 209 g/mol. The fraction of sp³-hybridized carbons (Fsp3) is 0. The van der Waals surface area contributed by atoms with E-state index in [2.05, 4.69) is 11.2 Å². The van der Waals surface area contributed by atoms with Gasteiger partial charge < -0.3 is 4.98 Å². The molecule has 1 rings (SSSR count). The molecule has 0 fully saturated rings. The van der Waals surface area contributed by atoms with Crippen molar-refractivity contribution in [2.45, 2.75) is 0 Å². The molecule has 0 saturated carbocycles. The Morgan fingerprint density at radius 3 is 2.70 bits per heavy atom. The first-order chi connectivity index (χ1) is 4.30. The summed E-state index contributed by atoms with van der Waals surface area (Å²) in [6.07, 6.45) is 3.59. The molecule has 0 aliphatic heterocycles. The fourth-order valence-electron chi connectivity index (χ4n) is 0.420. The number of aromatic nitrogens is 1. The molecule has 0 spiro atoms. The van der Waals surface area contributed by atoms with Gasteiger partial charge in [-0.25, -0.2) is 0 Å². The Labute approximate surface area is 82.7 Å². The van der Waals surface area contributed by atoms with E-state index in [1.54, 1.807) is 0 Å². The molecule has 0 aliphatic rings. The molecule has 1 aromatic rings. The van der Waals surface area contributed by atoms with Gasteiger partial charge in [0.1, 0.15) is 0 Å². The van der Waals surface area contributed by atoms with E-state index >= 15 is 0 Å². The van der Waals surface area contributed by atoms with Crippen LogP contribution in [0, 0.1) is 16.3 Å². The third-order valence-corrected chi connectivity index (χ3v) is 0.811. The Bertz CT molecular complexity index is 214. The van der Waals surface area contributed by atoms with E-state index in [4.69, 9.17) is 0 Å². The Balaban J connectivity index is 0.000000810. The molecule has 0 atom stereocenters. The van der Waals surface area contributed by atoms with Crippen molar-refractivity contribution in [3.63, 3.8) is 0 Å². The van der Waals surface area contributed by atoms with Crippen LogP contribution >= 0.6 is 0 Å². The summed E-state index contributed by atoms with van der Waals surface area (Å²) >= 11 is 0. The van der Waals surface area contributed by atoms with Gasteiger partial charge in [0.2, 0.25) is 0 Å². The number of pyridine rings is 1. The monoisotopic (exact) mass is 212 g/mol. The van der Waals surface area contributed by atoms with E-state index in [1.165, 1.54) is 12.1 Å².